The molecule has 3 rings (SSSR count). The molecule has 2 atom stereocenters. The zero-order valence-corrected chi connectivity index (χ0v) is 12.0. The summed E-state index contributed by atoms with van der Waals surface area (Å²) in [5.41, 5.74) is 0.609. The molecule has 2 saturated heterocycles. The summed E-state index contributed by atoms with van der Waals surface area (Å²) in [6.45, 7) is 2.02. The number of hydrogen-bond acceptors (Lipinski definition) is 2. The number of hydrogen-bond donors (Lipinski definition) is 1. The van der Waals surface area contributed by atoms with Crippen molar-refractivity contribution in [2.24, 2.45) is 0 Å². The van der Waals surface area contributed by atoms with Crippen molar-refractivity contribution in [1.82, 2.24) is 14.8 Å². The minimum absolute atomic E-state index is 0.0923. The first kappa shape index (κ1) is 13.0. The molecule has 1 N–H and O–H groups in total. The van der Waals surface area contributed by atoms with Gasteiger partial charge in [0.2, 0.25) is 0 Å². The topological polar surface area (TPSA) is 39.3 Å². The van der Waals surface area contributed by atoms with E-state index in [9.17, 15) is 4.79 Å². The summed E-state index contributed by atoms with van der Waals surface area (Å²) >= 11 is 5.89. The highest BCUT2D eigenvalue weighted by Crippen LogP contribution is 2.30. The van der Waals surface area contributed by atoms with Crippen molar-refractivity contribution in [1.29, 1.82) is 0 Å². The van der Waals surface area contributed by atoms with Gasteiger partial charge in [0.25, 0.3) is 5.91 Å². The van der Waals surface area contributed by atoms with Gasteiger partial charge in [-0.1, -0.05) is 11.6 Å². The van der Waals surface area contributed by atoms with Gasteiger partial charge in [-0.25, -0.2) is 0 Å². The van der Waals surface area contributed by atoms with Crippen molar-refractivity contribution in [2.45, 2.75) is 37.8 Å². The average Bonchev–Trinajstić information content (AvgIpc) is 3.07. The molecule has 0 radical (unpaired) electrons. The van der Waals surface area contributed by atoms with Crippen molar-refractivity contribution in [3.05, 3.63) is 23.0 Å². The van der Waals surface area contributed by atoms with Crippen molar-refractivity contribution in [2.75, 3.05) is 20.1 Å². The molecule has 2 aliphatic rings. The van der Waals surface area contributed by atoms with E-state index in [1.54, 1.807) is 12.3 Å². The molecular weight excluding hydrogens is 262 g/mol. The second kappa shape index (κ2) is 5.17. The normalized spacial score (nSPS) is 28.2. The van der Waals surface area contributed by atoms with E-state index in [1.807, 2.05) is 4.90 Å². The standard InChI is InChI=1S/C14H20ClN3O/c1-17-6-2-4-12(17)13-5-3-7-18(13)14(19)11-8-10(15)9-16-11/h8-9,12-13,16H,2-7H2,1H3. The monoisotopic (exact) mass is 281 g/mol. The van der Waals surface area contributed by atoms with Crippen LogP contribution in [-0.4, -0.2) is 52.9 Å². The minimum atomic E-state index is 0.0923. The van der Waals surface area contributed by atoms with Gasteiger partial charge in [-0.2, -0.15) is 0 Å². The van der Waals surface area contributed by atoms with E-state index in [-0.39, 0.29) is 5.91 Å². The van der Waals surface area contributed by atoms with Crippen LogP contribution in [-0.2, 0) is 0 Å². The molecule has 104 valence electrons. The Bertz CT molecular complexity index is 473. The van der Waals surface area contributed by atoms with Gasteiger partial charge < -0.3 is 14.8 Å². The summed E-state index contributed by atoms with van der Waals surface area (Å²) in [5.74, 6) is 0.0923. The molecule has 2 aliphatic heterocycles. The van der Waals surface area contributed by atoms with E-state index >= 15 is 0 Å². The summed E-state index contributed by atoms with van der Waals surface area (Å²) in [4.78, 5) is 20.0. The highest BCUT2D eigenvalue weighted by Gasteiger charge is 2.38. The maximum absolute atomic E-state index is 12.6. The highest BCUT2D eigenvalue weighted by molar-refractivity contribution is 6.30. The van der Waals surface area contributed by atoms with Crippen LogP contribution in [0.4, 0.5) is 0 Å². The Morgan fingerprint density at radius 1 is 1.32 bits per heavy atom. The first-order chi connectivity index (χ1) is 9.16. The average molecular weight is 282 g/mol. The fraction of sp³-hybridized carbons (Fsp3) is 0.643. The molecule has 19 heavy (non-hydrogen) atoms. The first-order valence-electron chi connectivity index (χ1n) is 7.02. The molecule has 3 heterocycles. The molecule has 0 aromatic carbocycles. The van der Waals surface area contributed by atoms with E-state index in [0.717, 1.165) is 25.9 Å². The second-order valence-electron chi connectivity index (χ2n) is 5.63. The Balaban J connectivity index is 1.77. The van der Waals surface area contributed by atoms with Gasteiger partial charge in [-0.05, 0) is 45.3 Å². The maximum atomic E-state index is 12.6. The summed E-state index contributed by atoms with van der Waals surface area (Å²) in [6.07, 6.45) is 6.34. The van der Waals surface area contributed by atoms with Crippen LogP contribution >= 0.6 is 11.6 Å². The molecule has 0 aliphatic carbocycles. The number of aromatic nitrogens is 1. The van der Waals surface area contributed by atoms with Crippen molar-refractivity contribution in [3.8, 4) is 0 Å². The maximum Gasteiger partial charge on any atom is 0.270 e. The third kappa shape index (κ3) is 2.39. The lowest BCUT2D eigenvalue weighted by atomic mass is 10.0. The Labute approximate surface area is 118 Å². The Kier molecular flexibility index (Phi) is 3.54. The molecule has 0 saturated carbocycles. The lowest BCUT2D eigenvalue weighted by Crippen LogP contribution is -2.47. The fourth-order valence-corrected chi connectivity index (χ4v) is 3.68. The van der Waals surface area contributed by atoms with Gasteiger partial charge in [0.15, 0.2) is 0 Å². The molecule has 0 bridgehead atoms. The van der Waals surface area contributed by atoms with Gasteiger partial charge >= 0.3 is 0 Å². The van der Waals surface area contributed by atoms with Crippen LogP contribution in [0.15, 0.2) is 12.3 Å². The number of likely N-dealkylation sites (N-methyl/N-ethyl adjacent to an activating group) is 1. The number of rotatable bonds is 2. The number of amides is 1. The van der Waals surface area contributed by atoms with Gasteiger partial charge in [-0.15, -0.1) is 0 Å². The summed E-state index contributed by atoms with van der Waals surface area (Å²) < 4.78 is 0. The summed E-state index contributed by atoms with van der Waals surface area (Å²) in [5, 5.41) is 0.595. The summed E-state index contributed by atoms with van der Waals surface area (Å²) in [7, 11) is 2.17. The molecule has 2 unspecified atom stereocenters. The van der Waals surface area contributed by atoms with Crippen LogP contribution in [0.5, 0.6) is 0 Å². The quantitative estimate of drug-likeness (QED) is 0.904. The number of aromatic amines is 1. The predicted octanol–water partition coefficient (Wildman–Crippen LogP) is 2.37. The Morgan fingerprint density at radius 3 is 2.68 bits per heavy atom. The van der Waals surface area contributed by atoms with Gasteiger partial charge in [0.05, 0.1) is 5.02 Å². The third-order valence-electron chi connectivity index (χ3n) is 4.46. The van der Waals surface area contributed by atoms with Gasteiger partial charge in [-0.3, -0.25) is 4.79 Å². The number of halogens is 1. The molecule has 0 spiro atoms. The van der Waals surface area contributed by atoms with Crippen LogP contribution < -0.4 is 0 Å². The van der Waals surface area contributed by atoms with Crippen LogP contribution in [0, 0.1) is 0 Å². The fourth-order valence-electron chi connectivity index (χ4n) is 3.51. The number of likely N-dealkylation sites (tertiary alicyclic amines) is 2. The molecule has 1 aromatic heterocycles. The molecule has 5 heteroatoms. The number of carbonyl (C=O) groups is 1. The zero-order valence-electron chi connectivity index (χ0n) is 11.2. The SMILES string of the molecule is CN1CCCC1C1CCCN1C(=O)c1cc(Cl)c[nH]1. The lowest BCUT2D eigenvalue weighted by Gasteiger charge is -2.33. The predicted molar refractivity (Wildman–Crippen MR) is 75.5 cm³/mol. The number of nitrogens with one attached hydrogen (secondary N) is 1. The zero-order chi connectivity index (χ0) is 13.4. The molecule has 4 nitrogen and oxygen atoms in total. The smallest absolute Gasteiger partial charge is 0.270 e. The van der Waals surface area contributed by atoms with Crippen LogP contribution in [0.25, 0.3) is 0 Å². The van der Waals surface area contributed by atoms with E-state index in [2.05, 4.69) is 16.9 Å². The van der Waals surface area contributed by atoms with Gasteiger partial charge in [0.1, 0.15) is 5.69 Å². The molecule has 2 fully saturated rings. The van der Waals surface area contributed by atoms with Gasteiger partial charge in [0, 0.05) is 24.8 Å². The molecule has 1 aromatic rings. The van der Waals surface area contributed by atoms with Crippen molar-refractivity contribution >= 4 is 17.5 Å². The number of nitrogens with zero attached hydrogens (tertiary/aromatic N) is 2. The Morgan fingerprint density at radius 2 is 2.05 bits per heavy atom. The second-order valence-corrected chi connectivity index (χ2v) is 6.07. The van der Waals surface area contributed by atoms with Crippen molar-refractivity contribution in [3.63, 3.8) is 0 Å². The molecular formula is C14H20ClN3O. The first-order valence-corrected chi connectivity index (χ1v) is 7.40. The van der Waals surface area contributed by atoms with E-state index < -0.39 is 0 Å². The third-order valence-corrected chi connectivity index (χ3v) is 4.68. The lowest BCUT2D eigenvalue weighted by molar-refractivity contribution is 0.0659. The van der Waals surface area contributed by atoms with E-state index in [4.69, 9.17) is 11.6 Å². The number of H-pyrrole nitrogens is 1. The minimum Gasteiger partial charge on any atom is -0.356 e. The van der Waals surface area contributed by atoms with E-state index in [1.165, 1.54) is 12.8 Å². The van der Waals surface area contributed by atoms with Crippen LogP contribution in [0.3, 0.4) is 0 Å². The van der Waals surface area contributed by atoms with E-state index in [0.29, 0.717) is 22.8 Å². The summed E-state index contributed by atoms with van der Waals surface area (Å²) in [6, 6.07) is 2.61. The highest BCUT2D eigenvalue weighted by atomic mass is 35.5. The molecule has 1 amide bonds. The van der Waals surface area contributed by atoms with Crippen LogP contribution in [0.1, 0.15) is 36.2 Å². The van der Waals surface area contributed by atoms with Crippen molar-refractivity contribution < 1.29 is 4.79 Å². The Hall–Kier alpha value is -1.00. The largest absolute Gasteiger partial charge is 0.356 e. The number of carbonyl (C=O) groups excluding carboxylic acids is 1. The van der Waals surface area contributed by atoms with Crippen LogP contribution in [0.2, 0.25) is 5.02 Å².